The van der Waals surface area contributed by atoms with Gasteiger partial charge in [-0.3, -0.25) is 0 Å². The van der Waals surface area contributed by atoms with Gasteiger partial charge in [0, 0.05) is 12.5 Å². The number of ether oxygens (including phenoxy) is 1. The predicted molar refractivity (Wildman–Crippen MR) is 74.8 cm³/mol. The zero-order valence-electron chi connectivity index (χ0n) is 11.6. The summed E-state index contributed by atoms with van der Waals surface area (Å²) in [4.78, 5) is 10.5. The molecule has 1 aliphatic carbocycles. The summed E-state index contributed by atoms with van der Waals surface area (Å²) in [5.74, 6) is 0. The van der Waals surface area contributed by atoms with Crippen molar-refractivity contribution in [1.82, 2.24) is 5.32 Å². The van der Waals surface area contributed by atoms with Gasteiger partial charge in [-0.2, -0.15) is 0 Å². The van der Waals surface area contributed by atoms with Crippen LogP contribution in [0.2, 0.25) is 0 Å². The van der Waals surface area contributed by atoms with Gasteiger partial charge in [-0.1, -0.05) is 30.3 Å². The Bertz CT molecular complexity index is 456. The van der Waals surface area contributed by atoms with Crippen LogP contribution in [0.3, 0.4) is 0 Å². The zero-order chi connectivity index (χ0) is 15.2. The Kier molecular flexibility index (Phi) is 5.52. The Labute approximate surface area is 122 Å². The van der Waals surface area contributed by atoms with E-state index in [0.717, 1.165) is 5.56 Å². The van der Waals surface area contributed by atoms with Crippen molar-refractivity contribution in [2.45, 2.75) is 43.7 Å². The molecule has 0 radical (unpaired) electrons. The number of nitrogens with one attached hydrogen (secondary N) is 1. The minimum Gasteiger partial charge on any atom is -0.465 e. The Hall–Kier alpha value is -1.66. The predicted octanol–water partition coefficient (Wildman–Crippen LogP) is 2.26. The molecular weight excluding hydrogens is 277 g/mol. The van der Waals surface area contributed by atoms with Crippen LogP contribution in [0.1, 0.15) is 30.9 Å². The summed E-state index contributed by atoms with van der Waals surface area (Å²) >= 11 is 0. The number of hydrogen-bond donors (Lipinski definition) is 3. The molecule has 1 aromatic rings. The van der Waals surface area contributed by atoms with Crippen LogP contribution >= 0.6 is 0 Å². The first-order valence-corrected chi connectivity index (χ1v) is 7.04. The van der Waals surface area contributed by atoms with Gasteiger partial charge in [0.05, 0.1) is 12.7 Å². The summed E-state index contributed by atoms with van der Waals surface area (Å²) in [5.41, 5.74) is 0.731. The van der Waals surface area contributed by atoms with Crippen LogP contribution in [0.4, 0.5) is 9.18 Å². The van der Waals surface area contributed by atoms with Crippen molar-refractivity contribution in [2.24, 2.45) is 0 Å². The molecule has 5 nitrogen and oxygen atoms in total. The summed E-state index contributed by atoms with van der Waals surface area (Å²) in [6.07, 6.45) is -2.64. The fourth-order valence-electron chi connectivity index (χ4n) is 2.57. The smallest absolute Gasteiger partial charge is 0.404 e. The second kappa shape index (κ2) is 7.38. The highest BCUT2D eigenvalue weighted by Gasteiger charge is 2.32. The molecule has 4 unspecified atom stereocenters. The van der Waals surface area contributed by atoms with Crippen LogP contribution in [-0.4, -0.2) is 41.2 Å². The number of benzene rings is 1. The van der Waals surface area contributed by atoms with Crippen molar-refractivity contribution in [3.05, 3.63) is 35.9 Å². The lowest BCUT2D eigenvalue weighted by molar-refractivity contribution is -0.0628. The topological polar surface area (TPSA) is 78.8 Å². The molecular formula is C15H20FNO4. The van der Waals surface area contributed by atoms with E-state index in [-0.39, 0.29) is 19.1 Å². The minimum atomic E-state index is -1.22. The fraction of sp³-hybridized carbons (Fsp3) is 0.533. The molecule has 1 fully saturated rings. The molecule has 1 aliphatic rings. The van der Waals surface area contributed by atoms with Crippen molar-refractivity contribution < 1.29 is 24.1 Å². The maximum atomic E-state index is 14.0. The standard InChI is InChI=1S/C15H20FNO4/c16-12-8-11(17-15(19)20)6-7-14(12)21-9-13(18)10-4-2-1-3-5-10/h1-5,11-14,17-18H,6-9H2,(H,19,20). The van der Waals surface area contributed by atoms with Crippen molar-refractivity contribution in [2.75, 3.05) is 6.61 Å². The normalized spacial score (nSPS) is 27.0. The van der Waals surface area contributed by atoms with Gasteiger partial charge in [0.15, 0.2) is 0 Å². The molecule has 0 bridgehead atoms. The maximum absolute atomic E-state index is 14.0. The van der Waals surface area contributed by atoms with Crippen LogP contribution in [0.5, 0.6) is 0 Å². The van der Waals surface area contributed by atoms with E-state index in [1.54, 1.807) is 12.1 Å². The molecule has 4 atom stereocenters. The highest BCUT2D eigenvalue weighted by Crippen LogP contribution is 2.25. The molecule has 0 spiro atoms. The maximum Gasteiger partial charge on any atom is 0.404 e. The number of carbonyl (C=O) groups is 1. The van der Waals surface area contributed by atoms with Gasteiger partial charge < -0.3 is 20.3 Å². The van der Waals surface area contributed by atoms with Crippen LogP contribution in [0, 0.1) is 0 Å². The lowest BCUT2D eigenvalue weighted by Crippen LogP contribution is -2.44. The Balaban J connectivity index is 1.78. The van der Waals surface area contributed by atoms with E-state index in [1.165, 1.54) is 0 Å². The summed E-state index contributed by atoms with van der Waals surface area (Å²) in [5, 5.41) is 20.9. The first-order chi connectivity index (χ1) is 10.1. The molecule has 0 saturated heterocycles. The van der Waals surface area contributed by atoms with Crippen molar-refractivity contribution in [3.8, 4) is 0 Å². The van der Waals surface area contributed by atoms with Crippen LogP contribution in [-0.2, 0) is 4.74 Å². The van der Waals surface area contributed by atoms with Gasteiger partial charge in [-0.15, -0.1) is 0 Å². The van der Waals surface area contributed by atoms with Gasteiger partial charge >= 0.3 is 6.09 Å². The van der Waals surface area contributed by atoms with E-state index in [9.17, 15) is 14.3 Å². The summed E-state index contributed by atoms with van der Waals surface area (Å²) in [6, 6.07) is 8.70. The third kappa shape index (κ3) is 4.68. The zero-order valence-corrected chi connectivity index (χ0v) is 11.6. The summed E-state index contributed by atoms with van der Waals surface area (Å²) in [7, 11) is 0. The highest BCUT2D eigenvalue weighted by atomic mass is 19.1. The van der Waals surface area contributed by atoms with Gasteiger partial charge in [0.25, 0.3) is 0 Å². The molecule has 0 aliphatic heterocycles. The van der Waals surface area contributed by atoms with E-state index in [0.29, 0.717) is 12.8 Å². The molecule has 0 heterocycles. The van der Waals surface area contributed by atoms with Gasteiger partial charge in [0.2, 0.25) is 0 Å². The first kappa shape index (κ1) is 15.7. The van der Waals surface area contributed by atoms with E-state index in [4.69, 9.17) is 9.84 Å². The number of amides is 1. The number of rotatable bonds is 5. The van der Waals surface area contributed by atoms with E-state index < -0.39 is 24.5 Å². The third-order valence-corrected chi connectivity index (χ3v) is 3.69. The summed E-state index contributed by atoms with van der Waals surface area (Å²) in [6.45, 7) is 0.0339. The van der Waals surface area contributed by atoms with Crippen LogP contribution < -0.4 is 5.32 Å². The average molecular weight is 297 g/mol. The van der Waals surface area contributed by atoms with Crippen molar-refractivity contribution in [1.29, 1.82) is 0 Å². The van der Waals surface area contributed by atoms with Gasteiger partial charge in [0.1, 0.15) is 12.3 Å². The molecule has 0 aromatic heterocycles. The Morgan fingerprint density at radius 2 is 2.10 bits per heavy atom. The molecule has 3 N–H and O–H groups in total. The quantitative estimate of drug-likeness (QED) is 0.779. The third-order valence-electron chi connectivity index (χ3n) is 3.69. The highest BCUT2D eigenvalue weighted by molar-refractivity contribution is 5.64. The van der Waals surface area contributed by atoms with Crippen molar-refractivity contribution in [3.63, 3.8) is 0 Å². The molecule has 116 valence electrons. The van der Waals surface area contributed by atoms with Crippen molar-refractivity contribution >= 4 is 6.09 Å². The number of alkyl halides is 1. The largest absolute Gasteiger partial charge is 0.465 e. The van der Waals surface area contributed by atoms with Gasteiger partial charge in [-0.25, -0.2) is 9.18 Å². The second-order valence-corrected chi connectivity index (χ2v) is 5.27. The molecule has 6 heteroatoms. The number of hydrogen-bond acceptors (Lipinski definition) is 3. The van der Waals surface area contributed by atoms with E-state index >= 15 is 0 Å². The SMILES string of the molecule is O=C(O)NC1CCC(OCC(O)c2ccccc2)C(F)C1. The average Bonchev–Trinajstić information content (AvgIpc) is 2.46. The van der Waals surface area contributed by atoms with Gasteiger partial charge in [-0.05, 0) is 18.4 Å². The van der Waals surface area contributed by atoms with E-state index in [2.05, 4.69) is 5.32 Å². The Morgan fingerprint density at radius 3 is 2.71 bits per heavy atom. The van der Waals surface area contributed by atoms with Crippen LogP contribution in [0.25, 0.3) is 0 Å². The monoisotopic (exact) mass is 297 g/mol. The summed E-state index contributed by atoms with van der Waals surface area (Å²) < 4.78 is 19.4. The van der Waals surface area contributed by atoms with E-state index in [1.807, 2.05) is 18.2 Å². The number of halogens is 1. The molecule has 1 aromatic carbocycles. The molecule has 21 heavy (non-hydrogen) atoms. The first-order valence-electron chi connectivity index (χ1n) is 7.04. The molecule has 2 rings (SSSR count). The van der Waals surface area contributed by atoms with Crippen LogP contribution in [0.15, 0.2) is 30.3 Å². The fourth-order valence-corrected chi connectivity index (χ4v) is 2.57. The number of aliphatic hydroxyl groups is 1. The lowest BCUT2D eigenvalue weighted by Gasteiger charge is -2.32. The number of aliphatic hydroxyl groups excluding tert-OH is 1. The Morgan fingerprint density at radius 1 is 1.38 bits per heavy atom. The number of carboxylic acid groups (broad SMARTS) is 1. The second-order valence-electron chi connectivity index (χ2n) is 5.27. The molecule has 1 amide bonds. The lowest BCUT2D eigenvalue weighted by atomic mass is 9.91. The molecule has 1 saturated carbocycles. The minimum absolute atomic E-state index is 0.0339.